The van der Waals surface area contributed by atoms with Gasteiger partial charge in [-0.1, -0.05) is 218 Å². The first-order valence-electron chi connectivity index (χ1n) is 22.1. The van der Waals surface area contributed by atoms with E-state index in [1.165, 1.54) is 105 Å². The predicted octanol–water partition coefficient (Wildman–Crippen LogP) is 17.8. The molecule has 0 aromatic heterocycles. The Kier molecular flexibility index (Phi) is 10.4. The molecule has 11 aromatic rings. The van der Waals surface area contributed by atoms with Crippen LogP contribution < -0.4 is 0 Å². The van der Waals surface area contributed by atoms with Crippen molar-refractivity contribution < 1.29 is 0 Å². The summed E-state index contributed by atoms with van der Waals surface area (Å²) in [6, 6.07) is 93.0. The number of benzene rings is 11. The van der Waals surface area contributed by atoms with E-state index in [1.807, 2.05) is 0 Å². The molecule has 0 spiro atoms. The molecule has 11 aromatic carbocycles. The molecule has 0 atom stereocenters. The highest BCUT2D eigenvalue weighted by Crippen LogP contribution is 2.47. The van der Waals surface area contributed by atoms with E-state index in [9.17, 15) is 0 Å². The van der Waals surface area contributed by atoms with Crippen LogP contribution in [0.25, 0.3) is 112 Å². The summed E-state index contributed by atoms with van der Waals surface area (Å²) in [7, 11) is 0. The molecule has 0 radical (unpaired) electrons. The number of rotatable bonds is 9. The Morgan fingerprint density at radius 3 is 0.969 bits per heavy atom. The van der Waals surface area contributed by atoms with Crippen LogP contribution in [0.2, 0.25) is 0 Å². The molecule has 0 bridgehead atoms. The van der Waals surface area contributed by atoms with Crippen molar-refractivity contribution in [2.75, 3.05) is 0 Å². The molecule has 0 heteroatoms. The van der Waals surface area contributed by atoms with Gasteiger partial charge in [-0.05, 0) is 159 Å². The van der Waals surface area contributed by atoms with Crippen molar-refractivity contribution in [2.24, 2.45) is 0 Å². The summed E-state index contributed by atoms with van der Waals surface area (Å²) in [5.41, 5.74) is 19.1. The largest absolute Gasteiger partial charge is 0.0622 e. The van der Waals surface area contributed by atoms with Gasteiger partial charge in [0, 0.05) is 0 Å². The minimum atomic E-state index is 1.16. The van der Waals surface area contributed by atoms with Crippen molar-refractivity contribution in [1.29, 1.82) is 0 Å². The van der Waals surface area contributed by atoms with Crippen LogP contribution in [-0.4, -0.2) is 0 Å². The van der Waals surface area contributed by atoms with Gasteiger partial charge in [0.25, 0.3) is 0 Å². The molecule has 64 heavy (non-hydrogen) atoms. The van der Waals surface area contributed by atoms with Crippen LogP contribution in [0.15, 0.2) is 255 Å². The summed E-state index contributed by atoms with van der Waals surface area (Å²) in [4.78, 5) is 0. The minimum Gasteiger partial charge on any atom is -0.0622 e. The van der Waals surface area contributed by atoms with E-state index in [-0.39, 0.29) is 0 Å². The second kappa shape index (κ2) is 17.2. The average Bonchev–Trinajstić information content (AvgIpc) is 3.38. The van der Waals surface area contributed by atoms with Crippen LogP contribution in [-0.2, 0) is 0 Å². The molecule has 300 valence electrons. The quantitative estimate of drug-likeness (QED) is 0.101. The first-order chi connectivity index (χ1) is 31.7. The van der Waals surface area contributed by atoms with E-state index in [2.05, 4.69) is 267 Å². The fourth-order valence-corrected chi connectivity index (χ4v) is 9.29. The molecular formula is C64H44. The highest BCUT2D eigenvalue weighted by Gasteiger charge is 2.20. The molecule has 0 nitrogen and oxygen atoms in total. The van der Waals surface area contributed by atoms with Gasteiger partial charge in [0.2, 0.25) is 0 Å². The Balaban J connectivity index is 1.21. The lowest BCUT2D eigenvalue weighted by molar-refractivity contribution is 1.57. The van der Waals surface area contributed by atoms with Crippen LogP contribution >= 0.6 is 0 Å². The lowest BCUT2D eigenvalue weighted by Crippen LogP contribution is -1.94. The van der Waals surface area contributed by atoms with Gasteiger partial charge >= 0.3 is 0 Å². The SMILES string of the molecule is C(=Cc1cccc(-c2ccc3c(-c4cc(-c5ccccc5)cc(-c5ccccc5)c4)c4ccccc4c(-c4cc(-c5ccccc5)cc(-c5ccccc5)c4)c3c2)c1)c1ccccc1. The Hall–Kier alpha value is -8.32. The Labute approximate surface area is 375 Å². The van der Waals surface area contributed by atoms with Gasteiger partial charge < -0.3 is 0 Å². The summed E-state index contributed by atoms with van der Waals surface area (Å²) in [6.07, 6.45) is 4.40. The molecule has 0 saturated heterocycles. The van der Waals surface area contributed by atoms with Crippen molar-refractivity contribution >= 4 is 33.7 Å². The standard InChI is InChI=1S/C64H44/c1-6-19-45(20-7-1)33-34-46-21-18-30-51(37-46)52-35-36-61-62(44-52)64(58-42-55(49-26-12-4-13-27-49)39-56(43-58)50-28-14-5-15-29-50)60-32-17-16-31-59(60)63(61)57-40-53(47-22-8-2-9-23-47)38-54(41-57)48-24-10-3-11-25-48/h1-44H. The van der Waals surface area contributed by atoms with Gasteiger partial charge in [-0.15, -0.1) is 0 Å². The molecule has 0 unspecified atom stereocenters. The van der Waals surface area contributed by atoms with Crippen molar-refractivity contribution in [3.05, 3.63) is 266 Å². The Morgan fingerprint density at radius 1 is 0.172 bits per heavy atom. The number of fused-ring (bicyclic) bond motifs is 2. The highest BCUT2D eigenvalue weighted by molar-refractivity contribution is 6.22. The first-order valence-corrected chi connectivity index (χ1v) is 22.1. The molecule has 11 rings (SSSR count). The number of hydrogen-bond donors (Lipinski definition) is 0. The van der Waals surface area contributed by atoms with Crippen LogP contribution in [0.5, 0.6) is 0 Å². The van der Waals surface area contributed by atoms with E-state index < -0.39 is 0 Å². The van der Waals surface area contributed by atoms with E-state index in [1.54, 1.807) is 0 Å². The average molecular weight is 813 g/mol. The lowest BCUT2D eigenvalue weighted by atomic mass is 9.82. The van der Waals surface area contributed by atoms with Gasteiger partial charge in [-0.25, -0.2) is 0 Å². The fraction of sp³-hybridized carbons (Fsp3) is 0. The zero-order valence-electron chi connectivity index (χ0n) is 35.4. The fourth-order valence-electron chi connectivity index (χ4n) is 9.29. The molecule has 0 heterocycles. The van der Waals surface area contributed by atoms with Crippen molar-refractivity contribution in [3.8, 4) is 77.9 Å². The molecule has 0 amide bonds. The summed E-state index contributed by atoms with van der Waals surface area (Å²) >= 11 is 0. The predicted molar refractivity (Wildman–Crippen MR) is 275 cm³/mol. The zero-order valence-corrected chi connectivity index (χ0v) is 35.4. The minimum absolute atomic E-state index is 1.16. The van der Waals surface area contributed by atoms with Gasteiger partial charge in [0.1, 0.15) is 0 Å². The maximum absolute atomic E-state index is 2.44. The highest BCUT2D eigenvalue weighted by atomic mass is 14.2. The van der Waals surface area contributed by atoms with Crippen molar-refractivity contribution in [2.45, 2.75) is 0 Å². The molecule has 0 fully saturated rings. The maximum atomic E-state index is 2.44. The lowest BCUT2D eigenvalue weighted by Gasteiger charge is -2.21. The summed E-state index contributed by atoms with van der Waals surface area (Å²) in [6.45, 7) is 0. The van der Waals surface area contributed by atoms with Crippen LogP contribution in [0.3, 0.4) is 0 Å². The second-order valence-corrected chi connectivity index (χ2v) is 16.5. The molecule has 0 aliphatic rings. The van der Waals surface area contributed by atoms with E-state index in [0.29, 0.717) is 0 Å². The van der Waals surface area contributed by atoms with E-state index in [0.717, 1.165) is 5.56 Å². The summed E-state index contributed by atoms with van der Waals surface area (Å²) in [5, 5.41) is 4.87. The van der Waals surface area contributed by atoms with Crippen LogP contribution in [0, 0.1) is 0 Å². The van der Waals surface area contributed by atoms with Crippen LogP contribution in [0.1, 0.15) is 11.1 Å². The van der Waals surface area contributed by atoms with Crippen LogP contribution in [0.4, 0.5) is 0 Å². The van der Waals surface area contributed by atoms with Gasteiger partial charge in [0.15, 0.2) is 0 Å². The molecule has 0 aliphatic heterocycles. The van der Waals surface area contributed by atoms with Gasteiger partial charge in [-0.2, -0.15) is 0 Å². The van der Waals surface area contributed by atoms with E-state index >= 15 is 0 Å². The Bertz CT molecular complexity index is 3320. The maximum Gasteiger partial charge on any atom is -0.00257 e. The molecular weight excluding hydrogens is 769 g/mol. The third-order valence-electron chi connectivity index (χ3n) is 12.4. The third-order valence-corrected chi connectivity index (χ3v) is 12.4. The smallest absolute Gasteiger partial charge is 0.00257 e. The van der Waals surface area contributed by atoms with E-state index in [4.69, 9.17) is 0 Å². The normalized spacial score (nSPS) is 11.4. The summed E-state index contributed by atoms with van der Waals surface area (Å²) in [5.74, 6) is 0. The molecule has 0 N–H and O–H groups in total. The molecule has 0 aliphatic carbocycles. The molecule has 0 saturated carbocycles. The Morgan fingerprint density at radius 2 is 0.500 bits per heavy atom. The summed E-state index contributed by atoms with van der Waals surface area (Å²) < 4.78 is 0. The number of hydrogen-bond acceptors (Lipinski definition) is 0. The topological polar surface area (TPSA) is 0 Å². The zero-order chi connectivity index (χ0) is 42.7. The third kappa shape index (κ3) is 7.75. The van der Waals surface area contributed by atoms with Gasteiger partial charge in [0.05, 0.1) is 0 Å². The van der Waals surface area contributed by atoms with Crippen molar-refractivity contribution in [3.63, 3.8) is 0 Å². The van der Waals surface area contributed by atoms with Gasteiger partial charge in [-0.3, -0.25) is 0 Å². The monoisotopic (exact) mass is 812 g/mol. The second-order valence-electron chi connectivity index (χ2n) is 16.5. The first kappa shape index (κ1) is 38.6. The van der Waals surface area contributed by atoms with Crippen molar-refractivity contribution in [1.82, 2.24) is 0 Å².